The number of likely N-dealkylation sites (N-methyl/N-ethyl adjacent to an activating group) is 1. The number of nitrogens with one attached hydrogen (secondary N) is 1. The number of esters is 2. The van der Waals surface area contributed by atoms with Gasteiger partial charge in [0.1, 0.15) is 5.82 Å². The standard InChI is InChI=1S/C23H20FN3O5/c1-23(2)31-21(29)16(22(30)32-23)12-25-19-20(28)27(3)17-10-9-14(24)11-15(17)18(26-19)13-7-5-4-6-8-13/h4-12,19,25H,1-3H3. The van der Waals surface area contributed by atoms with E-state index >= 15 is 0 Å². The van der Waals surface area contributed by atoms with Crippen LogP contribution in [0.3, 0.4) is 0 Å². The number of rotatable bonds is 3. The molecule has 2 aliphatic rings. The van der Waals surface area contributed by atoms with Crippen LogP contribution >= 0.6 is 0 Å². The van der Waals surface area contributed by atoms with Crippen molar-refractivity contribution in [2.45, 2.75) is 25.8 Å². The molecule has 1 fully saturated rings. The highest BCUT2D eigenvalue weighted by Crippen LogP contribution is 2.28. The number of aliphatic imine (C=N–C) groups is 1. The molecule has 1 atom stereocenters. The Morgan fingerprint density at radius 2 is 1.72 bits per heavy atom. The van der Waals surface area contributed by atoms with Gasteiger partial charge >= 0.3 is 11.9 Å². The SMILES string of the molecule is CN1C(=O)C(NC=C2C(=O)OC(C)(C)OC2=O)N=C(c2ccccc2)c2cc(F)ccc21. The summed E-state index contributed by atoms with van der Waals surface area (Å²) >= 11 is 0. The first-order chi connectivity index (χ1) is 15.2. The third-order valence-corrected chi connectivity index (χ3v) is 4.95. The average molecular weight is 437 g/mol. The third kappa shape index (κ3) is 3.96. The molecule has 0 radical (unpaired) electrons. The summed E-state index contributed by atoms with van der Waals surface area (Å²) < 4.78 is 24.2. The van der Waals surface area contributed by atoms with Crippen LogP contribution in [-0.4, -0.2) is 42.6 Å². The number of hydrogen-bond acceptors (Lipinski definition) is 7. The van der Waals surface area contributed by atoms with E-state index in [1.54, 1.807) is 24.3 Å². The number of ether oxygens (including phenoxy) is 2. The Bertz CT molecular complexity index is 1150. The lowest BCUT2D eigenvalue weighted by atomic mass is 10.00. The van der Waals surface area contributed by atoms with Crippen molar-refractivity contribution in [2.75, 3.05) is 11.9 Å². The van der Waals surface area contributed by atoms with Crippen molar-refractivity contribution in [1.82, 2.24) is 5.32 Å². The maximum Gasteiger partial charge on any atom is 0.350 e. The highest BCUT2D eigenvalue weighted by Gasteiger charge is 2.39. The topological polar surface area (TPSA) is 97.3 Å². The lowest BCUT2D eigenvalue weighted by Gasteiger charge is -2.29. The minimum Gasteiger partial charge on any atom is -0.419 e. The molecule has 0 spiro atoms. The first kappa shape index (κ1) is 21.2. The number of anilines is 1. The first-order valence-electron chi connectivity index (χ1n) is 9.80. The van der Waals surface area contributed by atoms with Gasteiger partial charge in [0.05, 0.1) is 11.4 Å². The fourth-order valence-corrected chi connectivity index (χ4v) is 3.42. The van der Waals surface area contributed by atoms with E-state index in [-0.39, 0.29) is 0 Å². The zero-order valence-electron chi connectivity index (χ0n) is 17.6. The molecule has 2 aromatic carbocycles. The second kappa shape index (κ2) is 7.92. The molecule has 0 aromatic heterocycles. The predicted molar refractivity (Wildman–Crippen MR) is 113 cm³/mol. The maximum atomic E-state index is 14.1. The summed E-state index contributed by atoms with van der Waals surface area (Å²) in [4.78, 5) is 43.4. The lowest BCUT2D eigenvalue weighted by molar-refractivity contribution is -0.222. The number of benzodiazepines with no additional fused rings is 1. The van der Waals surface area contributed by atoms with Gasteiger partial charge in [-0.05, 0) is 18.2 Å². The molecule has 8 nitrogen and oxygen atoms in total. The van der Waals surface area contributed by atoms with E-state index in [2.05, 4.69) is 10.3 Å². The summed E-state index contributed by atoms with van der Waals surface area (Å²) in [7, 11) is 1.54. The van der Waals surface area contributed by atoms with Gasteiger partial charge in [0.25, 0.3) is 11.7 Å². The smallest absolute Gasteiger partial charge is 0.350 e. The molecule has 9 heteroatoms. The van der Waals surface area contributed by atoms with Crippen molar-refractivity contribution in [3.8, 4) is 0 Å². The lowest BCUT2D eigenvalue weighted by Crippen LogP contribution is -2.44. The molecule has 1 unspecified atom stereocenters. The Morgan fingerprint density at radius 3 is 2.38 bits per heavy atom. The third-order valence-electron chi connectivity index (χ3n) is 4.95. The van der Waals surface area contributed by atoms with Gasteiger partial charge in [0, 0.05) is 38.2 Å². The van der Waals surface area contributed by atoms with E-state index < -0.39 is 41.2 Å². The Labute approximate surface area is 183 Å². The number of hydrogen-bond donors (Lipinski definition) is 1. The average Bonchev–Trinajstić information content (AvgIpc) is 2.83. The normalized spacial score (nSPS) is 19.9. The fourth-order valence-electron chi connectivity index (χ4n) is 3.42. The largest absolute Gasteiger partial charge is 0.419 e. The van der Waals surface area contributed by atoms with Gasteiger partial charge in [-0.2, -0.15) is 0 Å². The van der Waals surface area contributed by atoms with Gasteiger partial charge in [-0.1, -0.05) is 30.3 Å². The van der Waals surface area contributed by atoms with E-state index in [9.17, 15) is 18.8 Å². The van der Waals surface area contributed by atoms with Gasteiger partial charge in [0.2, 0.25) is 0 Å². The van der Waals surface area contributed by atoms with Gasteiger partial charge in [-0.25, -0.2) is 19.0 Å². The quantitative estimate of drug-likeness (QED) is 0.450. The molecule has 164 valence electrons. The van der Waals surface area contributed by atoms with Crippen molar-refractivity contribution >= 4 is 29.2 Å². The number of fused-ring (bicyclic) bond motifs is 1. The van der Waals surface area contributed by atoms with Crippen LogP contribution in [-0.2, 0) is 23.9 Å². The number of cyclic esters (lactones) is 2. The Morgan fingerprint density at radius 1 is 1.06 bits per heavy atom. The van der Waals surface area contributed by atoms with Crippen LogP contribution < -0.4 is 10.2 Å². The van der Waals surface area contributed by atoms with E-state index in [1.807, 2.05) is 6.07 Å². The van der Waals surface area contributed by atoms with Crippen LogP contribution in [0.25, 0.3) is 0 Å². The van der Waals surface area contributed by atoms with Crippen LogP contribution in [0.15, 0.2) is 65.3 Å². The fraction of sp³-hybridized carbons (Fsp3) is 0.217. The van der Waals surface area contributed by atoms with Crippen LogP contribution in [0.5, 0.6) is 0 Å². The van der Waals surface area contributed by atoms with Crippen molar-refractivity contribution in [3.63, 3.8) is 0 Å². The molecule has 0 aliphatic carbocycles. The maximum absolute atomic E-state index is 14.1. The molecule has 1 saturated heterocycles. The number of carbonyl (C=O) groups is 3. The van der Waals surface area contributed by atoms with Crippen LogP contribution in [0.4, 0.5) is 10.1 Å². The summed E-state index contributed by atoms with van der Waals surface area (Å²) in [6, 6.07) is 13.1. The van der Waals surface area contributed by atoms with Crippen LogP contribution in [0.2, 0.25) is 0 Å². The molecule has 2 heterocycles. The summed E-state index contributed by atoms with van der Waals surface area (Å²) in [6.45, 7) is 2.87. The predicted octanol–water partition coefficient (Wildman–Crippen LogP) is 2.28. The number of halogens is 1. The highest BCUT2D eigenvalue weighted by atomic mass is 19.1. The monoisotopic (exact) mass is 437 g/mol. The van der Waals surface area contributed by atoms with Crippen molar-refractivity contribution in [2.24, 2.45) is 4.99 Å². The van der Waals surface area contributed by atoms with Crippen molar-refractivity contribution in [3.05, 3.63) is 77.2 Å². The molecular weight excluding hydrogens is 417 g/mol. The number of amides is 1. The molecule has 1 amide bonds. The van der Waals surface area contributed by atoms with E-state index in [0.29, 0.717) is 22.5 Å². The molecule has 0 saturated carbocycles. The van der Waals surface area contributed by atoms with Gasteiger partial charge < -0.3 is 19.7 Å². The summed E-state index contributed by atoms with van der Waals surface area (Å²) in [5.74, 6) is -4.10. The van der Waals surface area contributed by atoms with E-state index in [1.165, 1.54) is 44.0 Å². The summed E-state index contributed by atoms with van der Waals surface area (Å²) in [5, 5.41) is 2.71. The Balaban J connectivity index is 1.76. The number of nitrogens with zero attached hydrogens (tertiary/aromatic N) is 2. The minimum absolute atomic E-state index is 0.378. The van der Waals surface area contributed by atoms with Gasteiger partial charge in [-0.15, -0.1) is 0 Å². The first-order valence-corrected chi connectivity index (χ1v) is 9.80. The zero-order chi connectivity index (χ0) is 23.0. The molecule has 1 N–H and O–H groups in total. The summed E-state index contributed by atoms with van der Waals surface area (Å²) in [5.41, 5.74) is 1.55. The van der Waals surface area contributed by atoms with E-state index in [4.69, 9.17) is 9.47 Å². The number of benzene rings is 2. The van der Waals surface area contributed by atoms with E-state index in [0.717, 1.165) is 6.20 Å². The minimum atomic E-state index is -1.38. The second-order valence-corrected chi connectivity index (χ2v) is 7.71. The van der Waals surface area contributed by atoms with Crippen molar-refractivity contribution in [1.29, 1.82) is 0 Å². The highest BCUT2D eigenvalue weighted by molar-refractivity contribution is 6.20. The molecule has 4 rings (SSSR count). The second-order valence-electron chi connectivity index (χ2n) is 7.71. The van der Waals surface area contributed by atoms with Gasteiger partial charge in [0.15, 0.2) is 11.7 Å². The van der Waals surface area contributed by atoms with Crippen molar-refractivity contribution < 1.29 is 28.2 Å². The molecule has 2 aliphatic heterocycles. The van der Waals surface area contributed by atoms with Crippen LogP contribution in [0, 0.1) is 5.82 Å². The molecule has 0 bridgehead atoms. The van der Waals surface area contributed by atoms with Gasteiger partial charge in [-0.3, -0.25) is 4.79 Å². The molecule has 32 heavy (non-hydrogen) atoms. The Hall–Kier alpha value is -4.01. The Kier molecular flexibility index (Phi) is 5.25. The molecular formula is C23H20FN3O5. The summed E-state index contributed by atoms with van der Waals surface area (Å²) in [6.07, 6.45) is -0.146. The molecule has 2 aromatic rings. The zero-order valence-corrected chi connectivity index (χ0v) is 17.6. The van der Waals surface area contributed by atoms with Crippen LogP contribution in [0.1, 0.15) is 25.0 Å². The number of carbonyl (C=O) groups excluding carboxylic acids is 3.